The topological polar surface area (TPSA) is 92.5 Å². The van der Waals surface area contributed by atoms with Crippen molar-refractivity contribution in [3.05, 3.63) is 83.8 Å². The largest absolute Gasteiger partial charge is 0.497 e. The highest BCUT2D eigenvalue weighted by Gasteiger charge is 2.29. The summed E-state index contributed by atoms with van der Waals surface area (Å²) in [5, 5.41) is 0. The molecule has 10 heteroatoms. The number of benzene rings is 2. The van der Waals surface area contributed by atoms with E-state index in [-0.39, 0.29) is 30.4 Å². The molecule has 1 fully saturated rings. The Balaban J connectivity index is 1.54. The lowest BCUT2D eigenvalue weighted by Crippen LogP contribution is -2.44. The minimum Gasteiger partial charge on any atom is -0.497 e. The number of hydrogen-bond acceptors (Lipinski definition) is 7. The van der Waals surface area contributed by atoms with Crippen LogP contribution < -0.4 is 4.74 Å². The summed E-state index contributed by atoms with van der Waals surface area (Å²) in [6.45, 7) is 6.08. The minimum absolute atomic E-state index is 0.124. The number of carbonyl (C=O) groups is 1. The quantitative estimate of drug-likeness (QED) is 0.319. The second-order valence-corrected chi connectivity index (χ2v) is 11.5. The summed E-state index contributed by atoms with van der Waals surface area (Å²) < 4.78 is 45.2. The fourth-order valence-electron chi connectivity index (χ4n) is 4.52. The molecule has 4 rings (SSSR count). The maximum Gasteiger partial charge on any atom is 0.243 e. The van der Waals surface area contributed by atoms with Crippen LogP contribution in [0.15, 0.2) is 76.0 Å². The van der Waals surface area contributed by atoms with E-state index in [0.29, 0.717) is 37.7 Å². The molecule has 9 nitrogen and oxygen atoms in total. The van der Waals surface area contributed by atoms with E-state index in [1.54, 1.807) is 17.0 Å². The van der Waals surface area contributed by atoms with Gasteiger partial charge in [-0.25, -0.2) is 8.42 Å². The van der Waals surface area contributed by atoms with Gasteiger partial charge in [0, 0.05) is 26.2 Å². The van der Waals surface area contributed by atoms with Crippen LogP contribution >= 0.6 is 0 Å². The first-order valence-corrected chi connectivity index (χ1v) is 14.6. The van der Waals surface area contributed by atoms with E-state index in [4.69, 9.17) is 13.9 Å². The molecular formula is C29H37N3O6S. The highest BCUT2D eigenvalue weighted by atomic mass is 32.2. The normalized spacial score (nSPS) is 14.4. The third kappa shape index (κ3) is 8.15. The van der Waals surface area contributed by atoms with Crippen LogP contribution in [0.5, 0.6) is 5.75 Å². The lowest BCUT2D eigenvalue weighted by Gasteiger charge is -2.29. The summed E-state index contributed by atoms with van der Waals surface area (Å²) in [7, 11) is -2.41. The molecule has 0 saturated carbocycles. The molecule has 1 amide bonds. The second kappa shape index (κ2) is 13.7. The van der Waals surface area contributed by atoms with Crippen LogP contribution in [-0.2, 0) is 32.6 Å². The van der Waals surface area contributed by atoms with Gasteiger partial charge in [0.1, 0.15) is 17.3 Å². The van der Waals surface area contributed by atoms with Crippen LogP contribution in [-0.4, -0.2) is 81.5 Å². The van der Waals surface area contributed by atoms with Gasteiger partial charge in [0.15, 0.2) is 0 Å². The molecule has 3 aromatic rings. The van der Waals surface area contributed by atoms with E-state index in [1.807, 2.05) is 49.4 Å². The van der Waals surface area contributed by atoms with Crippen LogP contribution in [0.25, 0.3) is 0 Å². The highest BCUT2D eigenvalue weighted by molar-refractivity contribution is 7.89. The maximum atomic E-state index is 13.8. The van der Waals surface area contributed by atoms with Crippen LogP contribution in [0, 0.1) is 6.92 Å². The molecule has 0 bridgehead atoms. The molecule has 0 atom stereocenters. The number of methoxy groups -OCH3 is 1. The number of sulfonamides is 1. The SMILES string of the molecule is COc1ccc(S(=O)(=O)N(CCCN2CCOCC2)CC(=O)N(Cc2ccccc2)Cc2ccc(C)o2)cc1. The van der Waals surface area contributed by atoms with Crippen molar-refractivity contribution in [1.82, 2.24) is 14.1 Å². The number of amides is 1. The Hall–Kier alpha value is -3.18. The van der Waals surface area contributed by atoms with Crippen molar-refractivity contribution >= 4 is 15.9 Å². The highest BCUT2D eigenvalue weighted by Crippen LogP contribution is 2.21. The molecule has 1 saturated heterocycles. The molecule has 2 aromatic carbocycles. The number of ether oxygens (including phenoxy) is 2. The number of morpholine rings is 1. The van der Waals surface area contributed by atoms with Gasteiger partial charge in [-0.15, -0.1) is 0 Å². The maximum absolute atomic E-state index is 13.8. The number of hydrogen-bond donors (Lipinski definition) is 0. The smallest absolute Gasteiger partial charge is 0.243 e. The van der Waals surface area contributed by atoms with E-state index in [0.717, 1.165) is 31.0 Å². The standard InChI is InChI=1S/C29H37N3O6S/c1-24-9-10-27(38-24)22-31(21-25-7-4-3-5-8-25)29(33)23-32(16-6-15-30-17-19-37-20-18-30)39(34,35)28-13-11-26(36-2)12-14-28/h3-5,7-14H,6,15-23H2,1-2H3. The molecule has 1 aromatic heterocycles. The van der Waals surface area contributed by atoms with Crippen molar-refractivity contribution in [3.8, 4) is 5.75 Å². The van der Waals surface area contributed by atoms with Gasteiger partial charge in [0.2, 0.25) is 15.9 Å². The zero-order valence-electron chi connectivity index (χ0n) is 22.6. The van der Waals surface area contributed by atoms with Crippen molar-refractivity contribution in [2.75, 3.05) is 53.0 Å². The van der Waals surface area contributed by atoms with Crippen molar-refractivity contribution < 1.29 is 27.1 Å². The number of rotatable bonds is 13. The lowest BCUT2D eigenvalue weighted by atomic mass is 10.2. The monoisotopic (exact) mass is 555 g/mol. The number of furan rings is 1. The Morgan fingerprint density at radius 2 is 1.69 bits per heavy atom. The average Bonchev–Trinajstić information content (AvgIpc) is 3.37. The molecule has 0 aliphatic carbocycles. The first-order chi connectivity index (χ1) is 18.8. The number of nitrogens with zero attached hydrogens (tertiary/aromatic N) is 3. The van der Waals surface area contributed by atoms with Crippen molar-refractivity contribution in [3.63, 3.8) is 0 Å². The van der Waals surface area contributed by atoms with Crippen molar-refractivity contribution in [2.45, 2.75) is 31.3 Å². The Labute approximate surface area is 231 Å². The zero-order valence-corrected chi connectivity index (χ0v) is 23.4. The fraction of sp³-hybridized carbons (Fsp3) is 0.414. The molecule has 1 aliphatic heterocycles. The Bertz CT molecular complexity index is 1290. The van der Waals surface area contributed by atoms with Crippen LogP contribution in [0.1, 0.15) is 23.5 Å². The Morgan fingerprint density at radius 1 is 0.974 bits per heavy atom. The summed E-state index contributed by atoms with van der Waals surface area (Å²) in [5.74, 6) is 1.67. The van der Waals surface area contributed by atoms with Gasteiger partial charge in [-0.3, -0.25) is 9.69 Å². The third-order valence-corrected chi connectivity index (χ3v) is 8.57. The predicted octanol–water partition coefficient (Wildman–Crippen LogP) is 3.54. The van der Waals surface area contributed by atoms with E-state index in [1.165, 1.54) is 23.5 Å². The van der Waals surface area contributed by atoms with Gasteiger partial charge in [0.25, 0.3) is 0 Å². The van der Waals surface area contributed by atoms with E-state index < -0.39 is 10.0 Å². The van der Waals surface area contributed by atoms with E-state index in [2.05, 4.69) is 4.90 Å². The van der Waals surface area contributed by atoms with Gasteiger partial charge in [-0.05, 0) is 61.9 Å². The molecular weight excluding hydrogens is 518 g/mol. The molecule has 0 N–H and O–H groups in total. The Kier molecular flexibility index (Phi) is 10.2. The molecule has 0 spiro atoms. The predicted molar refractivity (Wildman–Crippen MR) is 148 cm³/mol. The van der Waals surface area contributed by atoms with Gasteiger partial charge in [-0.2, -0.15) is 4.31 Å². The molecule has 210 valence electrons. The Morgan fingerprint density at radius 3 is 2.33 bits per heavy atom. The molecule has 0 unspecified atom stereocenters. The summed E-state index contributed by atoms with van der Waals surface area (Å²) >= 11 is 0. The minimum atomic E-state index is -3.94. The summed E-state index contributed by atoms with van der Waals surface area (Å²) in [6.07, 6.45) is 0.596. The molecule has 2 heterocycles. The van der Waals surface area contributed by atoms with Gasteiger partial charge >= 0.3 is 0 Å². The van der Waals surface area contributed by atoms with Gasteiger partial charge in [0.05, 0.1) is 38.3 Å². The summed E-state index contributed by atoms with van der Waals surface area (Å²) in [5.41, 5.74) is 0.950. The zero-order chi connectivity index (χ0) is 27.7. The average molecular weight is 556 g/mol. The van der Waals surface area contributed by atoms with Crippen molar-refractivity contribution in [1.29, 1.82) is 0 Å². The van der Waals surface area contributed by atoms with Gasteiger partial charge in [-0.1, -0.05) is 30.3 Å². The first kappa shape index (κ1) is 28.8. The number of aryl methyl sites for hydroxylation is 1. The third-order valence-electron chi connectivity index (χ3n) is 6.71. The van der Waals surface area contributed by atoms with Gasteiger partial charge < -0.3 is 18.8 Å². The summed E-state index contributed by atoms with van der Waals surface area (Å²) in [4.78, 5) is 17.8. The fourth-order valence-corrected chi connectivity index (χ4v) is 5.95. The molecule has 0 radical (unpaired) electrons. The molecule has 1 aliphatic rings. The first-order valence-electron chi connectivity index (χ1n) is 13.2. The van der Waals surface area contributed by atoms with E-state index in [9.17, 15) is 13.2 Å². The van der Waals surface area contributed by atoms with Crippen molar-refractivity contribution in [2.24, 2.45) is 0 Å². The number of carbonyl (C=O) groups excluding carboxylic acids is 1. The lowest BCUT2D eigenvalue weighted by molar-refractivity contribution is -0.133. The van der Waals surface area contributed by atoms with Crippen LogP contribution in [0.3, 0.4) is 0 Å². The van der Waals surface area contributed by atoms with Crippen LogP contribution in [0.2, 0.25) is 0 Å². The van der Waals surface area contributed by atoms with E-state index >= 15 is 0 Å². The second-order valence-electron chi connectivity index (χ2n) is 9.57. The summed E-state index contributed by atoms with van der Waals surface area (Å²) in [6, 6.07) is 19.6. The van der Waals surface area contributed by atoms with Crippen LogP contribution in [0.4, 0.5) is 0 Å². The molecule has 39 heavy (non-hydrogen) atoms.